The van der Waals surface area contributed by atoms with Gasteiger partial charge in [0.25, 0.3) is 0 Å². The van der Waals surface area contributed by atoms with Crippen molar-refractivity contribution < 1.29 is 4.79 Å². The lowest BCUT2D eigenvalue weighted by Gasteiger charge is -2.12. The molecule has 0 aliphatic rings. The van der Waals surface area contributed by atoms with Crippen LogP contribution in [-0.2, 0) is 4.79 Å². The van der Waals surface area contributed by atoms with E-state index in [-0.39, 0.29) is 5.15 Å². The Kier molecular flexibility index (Phi) is 3.79. The molecule has 0 saturated carbocycles. The molecule has 0 radical (unpaired) electrons. The number of nitrogens with two attached hydrogens (primary N) is 1. The van der Waals surface area contributed by atoms with E-state index in [1.165, 1.54) is 0 Å². The van der Waals surface area contributed by atoms with Crippen molar-refractivity contribution in [3.05, 3.63) is 57.8 Å². The summed E-state index contributed by atoms with van der Waals surface area (Å²) >= 11 is 11.5. The van der Waals surface area contributed by atoms with Gasteiger partial charge < -0.3 is 5.73 Å². The van der Waals surface area contributed by atoms with Gasteiger partial charge in [-0.1, -0.05) is 35.3 Å². The third kappa shape index (κ3) is 2.78. The Morgan fingerprint density at radius 3 is 2.22 bits per heavy atom. The molecule has 4 nitrogen and oxygen atoms in total. The Labute approximate surface area is 114 Å². The zero-order chi connectivity index (χ0) is 13.1. The smallest absolute Gasteiger partial charge is 0.231 e. The van der Waals surface area contributed by atoms with E-state index in [2.05, 4.69) is 10.2 Å². The van der Waals surface area contributed by atoms with E-state index in [0.717, 1.165) is 0 Å². The zero-order valence-electron chi connectivity index (χ0n) is 9.18. The number of carbonyl (C=O) groups excluding carboxylic acids is 1. The number of nitrogens with zero attached hydrogens (tertiary/aromatic N) is 2. The SMILES string of the molecule is NC(=O)[C@@H](c1ccc(Cl)cc1)c1ccc(Cl)nn1. The maximum atomic E-state index is 11.6. The van der Waals surface area contributed by atoms with E-state index in [0.29, 0.717) is 16.3 Å². The van der Waals surface area contributed by atoms with Gasteiger partial charge in [0.05, 0.1) is 5.69 Å². The minimum Gasteiger partial charge on any atom is -0.369 e. The van der Waals surface area contributed by atoms with E-state index in [1.54, 1.807) is 36.4 Å². The highest BCUT2D eigenvalue weighted by Crippen LogP contribution is 2.24. The summed E-state index contributed by atoms with van der Waals surface area (Å²) in [5.41, 5.74) is 6.57. The van der Waals surface area contributed by atoms with Crippen LogP contribution in [-0.4, -0.2) is 16.1 Å². The highest BCUT2D eigenvalue weighted by atomic mass is 35.5. The fourth-order valence-electron chi connectivity index (χ4n) is 1.62. The summed E-state index contributed by atoms with van der Waals surface area (Å²) in [6.45, 7) is 0. The van der Waals surface area contributed by atoms with Crippen molar-refractivity contribution >= 4 is 29.1 Å². The van der Waals surface area contributed by atoms with E-state index in [1.807, 2.05) is 0 Å². The van der Waals surface area contributed by atoms with Gasteiger partial charge in [-0.2, -0.15) is 5.10 Å². The molecule has 92 valence electrons. The number of aromatic nitrogens is 2. The Morgan fingerprint density at radius 2 is 1.72 bits per heavy atom. The van der Waals surface area contributed by atoms with Crippen molar-refractivity contribution in [3.8, 4) is 0 Å². The summed E-state index contributed by atoms with van der Waals surface area (Å²) in [7, 11) is 0. The number of primary amides is 1. The summed E-state index contributed by atoms with van der Waals surface area (Å²) in [6.07, 6.45) is 0. The predicted octanol–water partition coefficient (Wildman–Crippen LogP) is 2.40. The fourth-order valence-corrected chi connectivity index (χ4v) is 1.84. The summed E-state index contributed by atoms with van der Waals surface area (Å²) in [6, 6.07) is 10.0. The lowest BCUT2D eigenvalue weighted by molar-refractivity contribution is -0.118. The second kappa shape index (κ2) is 5.33. The molecule has 0 spiro atoms. The first-order chi connectivity index (χ1) is 8.58. The number of hydrogen-bond donors (Lipinski definition) is 1. The summed E-state index contributed by atoms with van der Waals surface area (Å²) in [5.74, 6) is -1.17. The summed E-state index contributed by atoms with van der Waals surface area (Å²) < 4.78 is 0. The molecule has 1 aromatic carbocycles. The molecule has 1 atom stereocenters. The second-order valence-electron chi connectivity index (χ2n) is 3.67. The molecule has 0 bridgehead atoms. The van der Waals surface area contributed by atoms with Crippen molar-refractivity contribution in [2.24, 2.45) is 5.73 Å². The van der Waals surface area contributed by atoms with Crippen LogP contribution < -0.4 is 5.73 Å². The minimum absolute atomic E-state index is 0.262. The van der Waals surface area contributed by atoms with Crippen LogP contribution in [0.15, 0.2) is 36.4 Å². The Morgan fingerprint density at radius 1 is 1.06 bits per heavy atom. The van der Waals surface area contributed by atoms with Crippen molar-refractivity contribution in [3.63, 3.8) is 0 Å². The van der Waals surface area contributed by atoms with Crippen LogP contribution in [0.5, 0.6) is 0 Å². The molecule has 0 aliphatic heterocycles. The van der Waals surface area contributed by atoms with E-state index in [4.69, 9.17) is 28.9 Å². The lowest BCUT2D eigenvalue weighted by Crippen LogP contribution is -2.23. The maximum Gasteiger partial charge on any atom is 0.231 e. The molecular weight excluding hydrogens is 273 g/mol. The molecule has 0 aliphatic carbocycles. The van der Waals surface area contributed by atoms with E-state index >= 15 is 0 Å². The number of amides is 1. The van der Waals surface area contributed by atoms with Gasteiger partial charge in [-0.25, -0.2) is 0 Å². The van der Waals surface area contributed by atoms with Gasteiger partial charge in [-0.05, 0) is 29.8 Å². The second-order valence-corrected chi connectivity index (χ2v) is 4.49. The summed E-state index contributed by atoms with van der Waals surface area (Å²) in [4.78, 5) is 11.6. The Balaban J connectivity index is 2.43. The van der Waals surface area contributed by atoms with Crippen LogP contribution in [0.1, 0.15) is 17.2 Å². The summed E-state index contributed by atoms with van der Waals surface area (Å²) in [5, 5.41) is 8.44. The first-order valence-corrected chi connectivity index (χ1v) is 5.87. The van der Waals surface area contributed by atoms with Gasteiger partial charge in [0.15, 0.2) is 5.15 Å². The molecule has 0 saturated heterocycles. The first-order valence-electron chi connectivity index (χ1n) is 5.12. The van der Waals surface area contributed by atoms with Gasteiger partial charge in [-0.3, -0.25) is 4.79 Å². The average Bonchev–Trinajstić information content (AvgIpc) is 2.34. The molecule has 1 amide bonds. The maximum absolute atomic E-state index is 11.6. The van der Waals surface area contributed by atoms with Crippen molar-refractivity contribution in [2.45, 2.75) is 5.92 Å². The Hall–Kier alpha value is -1.65. The van der Waals surface area contributed by atoms with Crippen molar-refractivity contribution in [1.29, 1.82) is 0 Å². The zero-order valence-corrected chi connectivity index (χ0v) is 10.7. The van der Waals surface area contributed by atoms with Crippen LogP contribution in [0.25, 0.3) is 0 Å². The van der Waals surface area contributed by atoms with Crippen LogP contribution in [0.2, 0.25) is 10.2 Å². The third-order valence-electron chi connectivity index (χ3n) is 2.44. The Bertz CT molecular complexity index is 509. The van der Waals surface area contributed by atoms with Gasteiger partial charge in [0, 0.05) is 5.02 Å². The highest BCUT2D eigenvalue weighted by molar-refractivity contribution is 6.30. The number of hydrogen-bond acceptors (Lipinski definition) is 3. The molecule has 6 heteroatoms. The van der Waals surface area contributed by atoms with Gasteiger partial charge in [0.2, 0.25) is 5.91 Å². The molecule has 2 N–H and O–H groups in total. The number of carbonyl (C=O) groups is 1. The molecule has 1 heterocycles. The molecule has 18 heavy (non-hydrogen) atoms. The standard InChI is InChI=1S/C12H9Cl2N3O/c13-8-3-1-7(2-4-8)11(12(15)18)9-5-6-10(14)17-16-9/h1-6,11H,(H2,15,18)/t11-/m0/s1. The molecule has 2 rings (SSSR count). The molecule has 2 aromatic rings. The number of halogens is 2. The van der Waals surface area contributed by atoms with Crippen LogP contribution in [0.4, 0.5) is 0 Å². The van der Waals surface area contributed by atoms with Crippen LogP contribution in [0, 0.1) is 0 Å². The first kappa shape index (κ1) is 12.8. The van der Waals surface area contributed by atoms with Crippen molar-refractivity contribution in [1.82, 2.24) is 10.2 Å². The molecular formula is C12H9Cl2N3O. The minimum atomic E-state index is -0.660. The topological polar surface area (TPSA) is 68.9 Å². The van der Waals surface area contributed by atoms with E-state index < -0.39 is 11.8 Å². The van der Waals surface area contributed by atoms with Gasteiger partial charge >= 0.3 is 0 Å². The third-order valence-corrected chi connectivity index (χ3v) is 2.89. The van der Waals surface area contributed by atoms with E-state index in [9.17, 15) is 4.79 Å². The highest BCUT2D eigenvalue weighted by Gasteiger charge is 2.22. The van der Waals surface area contributed by atoms with Gasteiger partial charge in [0.1, 0.15) is 5.92 Å². The van der Waals surface area contributed by atoms with Crippen LogP contribution >= 0.6 is 23.2 Å². The molecule has 0 unspecified atom stereocenters. The predicted molar refractivity (Wildman–Crippen MR) is 69.5 cm³/mol. The number of rotatable bonds is 3. The quantitative estimate of drug-likeness (QED) is 0.939. The fraction of sp³-hybridized carbons (Fsp3) is 0.0833. The molecule has 1 aromatic heterocycles. The lowest BCUT2D eigenvalue weighted by atomic mass is 9.95. The number of benzene rings is 1. The monoisotopic (exact) mass is 281 g/mol. The largest absolute Gasteiger partial charge is 0.369 e. The normalized spacial score (nSPS) is 12.1. The average molecular weight is 282 g/mol. The van der Waals surface area contributed by atoms with Crippen LogP contribution in [0.3, 0.4) is 0 Å². The van der Waals surface area contributed by atoms with Crippen molar-refractivity contribution in [2.75, 3.05) is 0 Å². The molecule has 0 fully saturated rings. The van der Waals surface area contributed by atoms with Gasteiger partial charge in [-0.15, -0.1) is 5.10 Å².